The summed E-state index contributed by atoms with van der Waals surface area (Å²) in [5, 5.41) is 11.7. The van der Waals surface area contributed by atoms with Crippen LogP contribution in [0.5, 0.6) is 0 Å². The van der Waals surface area contributed by atoms with Crippen molar-refractivity contribution in [1.29, 1.82) is 0 Å². The van der Waals surface area contributed by atoms with E-state index in [-0.39, 0.29) is 0 Å². The van der Waals surface area contributed by atoms with Crippen LogP contribution in [0.1, 0.15) is 25.7 Å². The average Bonchev–Trinajstić information content (AvgIpc) is 2.12. The van der Waals surface area contributed by atoms with Crippen LogP contribution < -0.4 is 5.32 Å². The Balaban J connectivity index is 2.13. The lowest BCUT2D eigenvalue weighted by molar-refractivity contribution is -0.139. The molecule has 0 spiro atoms. The molecule has 0 aromatic rings. The zero-order valence-electron chi connectivity index (χ0n) is 9.70. The number of nitrogens with zero attached hydrogens (tertiary/aromatic N) is 1. The highest BCUT2D eigenvalue weighted by molar-refractivity contribution is 5.73. The van der Waals surface area contributed by atoms with Crippen LogP contribution in [0.3, 0.4) is 0 Å². The van der Waals surface area contributed by atoms with Gasteiger partial charge in [0.1, 0.15) is 6.04 Å². The molecule has 1 saturated carbocycles. The van der Waals surface area contributed by atoms with E-state index >= 15 is 0 Å². The van der Waals surface area contributed by atoms with Gasteiger partial charge < -0.3 is 15.3 Å². The van der Waals surface area contributed by atoms with Gasteiger partial charge in [-0.25, -0.2) is 0 Å². The van der Waals surface area contributed by atoms with Crippen molar-refractivity contribution in [3.8, 4) is 0 Å². The summed E-state index contributed by atoms with van der Waals surface area (Å²) >= 11 is 0. The Morgan fingerprint density at radius 3 is 2.67 bits per heavy atom. The summed E-state index contributed by atoms with van der Waals surface area (Å²) in [6, 6.07) is -0.408. The summed E-state index contributed by atoms with van der Waals surface area (Å²) in [6.07, 6.45) is 4.74. The molecule has 0 bridgehead atoms. The third-order valence-electron chi connectivity index (χ3n) is 3.24. The number of likely N-dealkylation sites (N-methyl/N-ethyl adjacent to an activating group) is 1. The van der Waals surface area contributed by atoms with Crippen LogP contribution in [0.4, 0.5) is 0 Å². The maximum atomic E-state index is 10.8. The number of carbonyl (C=O) groups is 1. The van der Waals surface area contributed by atoms with E-state index in [0.29, 0.717) is 6.42 Å². The van der Waals surface area contributed by atoms with Crippen LogP contribution >= 0.6 is 0 Å². The van der Waals surface area contributed by atoms with E-state index in [1.54, 1.807) is 7.05 Å². The van der Waals surface area contributed by atoms with Gasteiger partial charge in [-0.1, -0.05) is 6.42 Å². The minimum absolute atomic E-state index is 0.408. The third kappa shape index (κ3) is 4.18. The first-order valence-corrected chi connectivity index (χ1v) is 5.72. The molecule has 1 aliphatic rings. The van der Waals surface area contributed by atoms with Gasteiger partial charge in [0.15, 0.2) is 0 Å². The van der Waals surface area contributed by atoms with Crippen molar-refractivity contribution in [2.24, 2.45) is 5.92 Å². The predicted octanol–water partition coefficient (Wildman–Crippen LogP) is 0.781. The van der Waals surface area contributed by atoms with Crippen molar-refractivity contribution in [3.63, 3.8) is 0 Å². The highest BCUT2D eigenvalue weighted by atomic mass is 16.4. The van der Waals surface area contributed by atoms with Crippen molar-refractivity contribution in [2.75, 3.05) is 27.2 Å². The lowest BCUT2D eigenvalue weighted by Gasteiger charge is -2.30. The van der Waals surface area contributed by atoms with Gasteiger partial charge in [0.25, 0.3) is 0 Å². The Labute approximate surface area is 91.6 Å². The van der Waals surface area contributed by atoms with Gasteiger partial charge >= 0.3 is 5.97 Å². The van der Waals surface area contributed by atoms with Gasteiger partial charge in [-0.3, -0.25) is 4.79 Å². The fourth-order valence-electron chi connectivity index (χ4n) is 1.95. The summed E-state index contributed by atoms with van der Waals surface area (Å²) in [7, 11) is 3.78. The summed E-state index contributed by atoms with van der Waals surface area (Å²) in [5.41, 5.74) is 0. The topological polar surface area (TPSA) is 52.6 Å². The second-order valence-electron chi connectivity index (χ2n) is 4.53. The predicted molar refractivity (Wildman–Crippen MR) is 59.9 cm³/mol. The second kappa shape index (κ2) is 6.08. The summed E-state index contributed by atoms with van der Waals surface area (Å²) in [4.78, 5) is 13.0. The smallest absolute Gasteiger partial charge is 0.320 e. The monoisotopic (exact) mass is 214 g/mol. The van der Waals surface area contributed by atoms with Crippen molar-refractivity contribution < 1.29 is 9.90 Å². The van der Waals surface area contributed by atoms with E-state index in [2.05, 4.69) is 17.3 Å². The van der Waals surface area contributed by atoms with E-state index in [1.807, 2.05) is 0 Å². The number of hydrogen-bond donors (Lipinski definition) is 2. The molecule has 1 fully saturated rings. The second-order valence-corrected chi connectivity index (χ2v) is 4.53. The van der Waals surface area contributed by atoms with Gasteiger partial charge in [-0.05, 0) is 45.8 Å². The number of aliphatic carboxylic acids is 1. The highest BCUT2D eigenvalue weighted by Crippen LogP contribution is 2.26. The number of carboxylic acid groups (broad SMARTS) is 1. The SMILES string of the molecule is CNC(CCN(C)CC1CCC1)C(=O)O. The van der Waals surface area contributed by atoms with E-state index < -0.39 is 12.0 Å². The van der Waals surface area contributed by atoms with Gasteiger partial charge in [0.2, 0.25) is 0 Å². The maximum absolute atomic E-state index is 10.8. The zero-order valence-corrected chi connectivity index (χ0v) is 9.70. The van der Waals surface area contributed by atoms with Gasteiger partial charge in [0.05, 0.1) is 0 Å². The molecule has 0 amide bonds. The van der Waals surface area contributed by atoms with E-state index in [1.165, 1.54) is 19.3 Å². The Hall–Kier alpha value is -0.610. The number of rotatable bonds is 7. The molecule has 1 atom stereocenters. The maximum Gasteiger partial charge on any atom is 0.320 e. The fourth-order valence-corrected chi connectivity index (χ4v) is 1.95. The summed E-state index contributed by atoms with van der Waals surface area (Å²) < 4.78 is 0. The van der Waals surface area contributed by atoms with Gasteiger partial charge in [-0.15, -0.1) is 0 Å². The van der Waals surface area contributed by atoms with Crippen LogP contribution in [-0.4, -0.2) is 49.2 Å². The minimum Gasteiger partial charge on any atom is -0.480 e. The lowest BCUT2D eigenvalue weighted by atomic mass is 9.85. The first-order valence-electron chi connectivity index (χ1n) is 5.72. The molecule has 0 aromatic carbocycles. The molecule has 0 radical (unpaired) electrons. The molecule has 0 aromatic heterocycles. The fraction of sp³-hybridized carbons (Fsp3) is 0.909. The molecule has 1 aliphatic carbocycles. The summed E-state index contributed by atoms with van der Waals surface area (Å²) in [6.45, 7) is 1.98. The minimum atomic E-state index is -0.755. The number of hydrogen-bond acceptors (Lipinski definition) is 3. The normalized spacial score (nSPS) is 18.9. The molecule has 1 rings (SSSR count). The zero-order chi connectivity index (χ0) is 11.3. The molecule has 1 unspecified atom stereocenters. The van der Waals surface area contributed by atoms with E-state index in [4.69, 9.17) is 5.11 Å². The first-order chi connectivity index (χ1) is 7.13. The van der Waals surface area contributed by atoms with Crippen molar-refractivity contribution in [1.82, 2.24) is 10.2 Å². The molecule has 0 aliphatic heterocycles. The molecule has 88 valence electrons. The van der Waals surface area contributed by atoms with Crippen molar-refractivity contribution >= 4 is 5.97 Å². The van der Waals surface area contributed by atoms with Crippen LogP contribution in [-0.2, 0) is 4.79 Å². The molecule has 0 heterocycles. The van der Waals surface area contributed by atoms with E-state index in [9.17, 15) is 4.79 Å². The molecule has 0 saturated heterocycles. The Morgan fingerprint density at radius 2 is 2.27 bits per heavy atom. The van der Waals surface area contributed by atoms with Crippen molar-refractivity contribution in [3.05, 3.63) is 0 Å². The van der Waals surface area contributed by atoms with Crippen molar-refractivity contribution in [2.45, 2.75) is 31.7 Å². The molecule has 4 heteroatoms. The molecular formula is C11H22N2O2. The van der Waals surface area contributed by atoms with Crippen LogP contribution in [0.25, 0.3) is 0 Å². The quantitative estimate of drug-likeness (QED) is 0.657. The van der Waals surface area contributed by atoms with Gasteiger partial charge in [0, 0.05) is 6.54 Å². The lowest BCUT2D eigenvalue weighted by Crippen LogP contribution is -2.38. The first kappa shape index (κ1) is 12.5. The molecule has 15 heavy (non-hydrogen) atoms. The number of nitrogens with one attached hydrogen (secondary N) is 1. The van der Waals surface area contributed by atoms with Crippen LogP contribution in [0.2, 0.25) is 0 Å². The average molecular weight is 214 g/mol. The Bertz CT molecular complexity index is 205. The Kier molecular flexibility index (Phi) is 5.05. The number of carboxylic acids is 1. The highest BCUT2D eigenvalue weighted by Gasteiger charge is 2.20. The van der Waals surface area contributed by atoms with E-state index in [0.717, 1.165) is 19.0 Å². The third-order valence-corrected chi connectivity index (χ3v) is 3.24. The molecule has 4 nitrogen and oxygen atoms in total. The van der Waals surface area contributed by atoms with Crippen LogP contribution in [0, 0.1) is 5.92 Å². The molecular weight excluding hydrogens is 192 g/mol. The van der Waals surface area contributed by atoms with Gasteiger partial charge in [-0.2, -0.15) is 0 Å². The summed E-state index contributed by atoms with van der Waals surface area (Å²) in [5.74, 6) is 0.0995. The molecule has 2 N–H and O–H groups in total. The largest absolute Gasteiger partial charge is 0.480 e. The van der Waals surface area contributed by atoms with Crippen LogP contribution in [0.15, 0.2) is 0 Å². The standard InChI is InChI=1S/C11H22N2O2/c1-12-10(11(14)15)6-7-13(2)8-9-4-3-5-9/h9-10,12H,3-8H2,1-2H3,(H,14,15). The Morgan fingerprint density at radius 1 is 1.60 bits per heavy atom.